The number of aryl methyl sites for hydroxylation is 1. The SMILES string of the molecule is O=C(O)CCCN1CC(c2noc(=O)[nH]2)Oc2c(/C=C/c3ccc(OCCCCc4ccccc4)cc3)cccc21. The summed E-state index contributed by atoms with van der Waals surface area (Å²) in [4.78, 5) is 27.3. The second-order valence-electron chi connectivity index (χ2n) is 9.92. The van der Waals surface area contributed by atoms with Gasteiger partial charge in [0.25, 0.3) is 0 Å². The minimum absolute atomic E-state index is 0.0607. The van der Waals surface area contributed by atoms with Gasteiger partial charge in [-0.15, -0.1) is 0 Å². The molecule has 0 bridgehead atoms. The molecule has 2 N–H and O–H groups in total. The summed E-state index contributed by atoms with van der Waals surface area (Å²) in [5.74, 6) is 0.267. The molecule has 0 amide bonds. The summed E-state index contributed by atoms with van der Waals surface area (Å²) in [6.07, 6.45) is 7.06. The van der Waals surface area contributed by atoms with Crippen molar-refractivity contribution in [3.05, 3.63) is 106 Å². The predicted molar refractivity (Wildman–Crippen MR) is 156 cm³/mol. The Morgan fingerprint density at radius 3 is 2.61 bits per heavy atom. The third kappa shape index (κ3) is 7.66. The molecule has 1 atom stereocenters. The molecule has 0 saturated heterocycles. The summed E-state index contributed by atoms with van der Waals surface area (Å²) in [6.45, 7) is 1.59. The first-order valence-corrected chi connectivity index (χ1v) is 13.8. The van der Waals surface area contributed by atoms with Gasteiger partial charge in [0, 0.05) is 18.5 Å². The van der Waals surface area contributed by atoms with E-state index in [0.29, 0.717) is 37.7 Å². The fourth-order valence-corrected chi connectivity index (χ4v) is 4.81. The van der Waals surface area contributed by atoms with E-state index in [2.05, 4.69) is 39.3 Å². The van der Waals surface area contributed by atoms with Gasteiger partial charge in [0.15, 0.2) is 17.7 Å². The average molecular weight is 556 g/mol. The van der Waals surface area contributed by atoms with Crippen LogP contribution in [0.4, 0.5) is 5.69 Å². The first kappa shape index (κ1) is 27.8. The molecule has 212 valence electrons. The molecular formula is C32H33N3O6. The Bertz CT molecular complexity index is 1510. The number of aromatic nitrogens is 2. The zero-order chi connectivity index (χ0) is 28.4. The average Bonchev–Trinajstić information content (AvgIpc) is 3.43. The number of para-hydroxylation sites is 1. The molecule has 5 rings (SSSR count). The van der Waals surface area contributed by atoms with Crippen molar-refractivity contribution in [2.45, 2.75) is 38.2 Å². The van der Waals surface area contributed by atoms with Crippen LogP contribution in [0, 0.1) is 0 Å². The van der Waals surface area contributed by atoms with Gasteiger partial charge in [-0.1, -0.05) is 71.9 Å². The third-order valence-electron chi connectivity index (χ3n) is 6.90. The molecule has 1 aliphatic heterocycles. The van der Waals surface area contributed by atoms with Gasteiger partial charge >= 0.3 is 11.7 Å². The van der Waals surface area contributed by atoms with Crippen LogP contribution >= 0.6 is 0 Å². The lowest BCUT2D eigenvalue weighted by Crippen LogP contribution is -2.37. The van der Waals surface area contributed by atoms with Gasteiger partial charge in [-0.25, -0.2) is 4.79 Å². The van der Waals surface area contributed by atoms with Gasteiger partial charge in [-0.3, -0.25) is 14.3 Å². The third-order valence-corrected chi connectivity index (χ3v) is 6.90. The van der Waals surface area contributed by atoms with Crippen LogP contribution in [0.2, 0.25) is 0 Å². The molecule has 2 heterocycles. The number of benzene rings is 3. The minimum atomic E-state index is -0.841. The van der Waals surface area contributed by atoms with Crippen molar-refractivity contribution in [1.82, 2.24) is 10.1 Å². The number of anilines is 1. The predicted octanol–water partition coefficient (Wildman–Crippen LogP) is 5.74. The number of hydrogen-bond donors (Lipinski definition) is 2. The van der Waals surface area contributed by atoms with E-state index >= 15 is 0 Å². The summed E-state index contributed by atoms with van der Waals surface area (Å²) >= 11 is 0. The topological polar surface area (TPSA) is 118 Å². The normalized spacial score (nSPS) is 14.5. The molecule has 9 heteroatoms. The zero-order valence-corrected chi connectivity index (χ0v) is 22.7. The Hall–Kier alpha value is -4.79. The summed E-state index contributed by atoms with van der Waals surface area (Å²) in [6, 6.07) is 24.3. The van der Waals surface area contributed by atoms with Crippen LogP contribution in [0.1, 0.15) is 54.3 Å². The second kappa shape index (κ2) is 13.5. The van der Waals surface area contributed by atoms with Gasteiger partial charge in [0.1, 0.15) is 5.75 Å². The number of nitrogens with one attached hydrogen (secondary N) is 1. The van der Waals surface area contributed by atoms with Crippen LogP contribution < -0.4 is 20.1 Å². The van der Waals surface area contributed by atoms with Crippen LogP contribution in [0.15, 0.2) is 82.1 Å². The summed E-state index contributed by atoms with van der Waals surface area (Å²) in [5.41, 5.74) is 4.06. The van der Waals surface area contributed by atoms with Crippen LogP contribution in [0.25, 0.3) is 12.2 Å². The van der Waals surface area contributed by atoms with E-state index in [0.717, 1.165) is 41.8 Å². The maximum atomic E-state index is 11.6. The van der Waals surface area contributed by atoms with E-state index in [4.69, 9.17) is 19.1 Å². The first-order chi connectivity index (χ1) is 20.0. The van der Waals surface area contributed by atoms with Crippen molar-refractivity contribution in [2.24, 2.45) is 0 Å². The number of carbonyl (C=O) groups is 1. The van der Waals surface area contributed by atoms with Crippen molar-refractivity contribution in [1.29, 1.82) is 0 Å². The lowest BCUT2D eigenvalue weighted by atomic mass is 10.1. The van der Waals surface area contributed by atoms with E-state index in [1.54, 1.807) is 0 Å². The quantitative estimate of drug-likeness (QED) is 0.158. The smallest absolute Gasteiger partial charge is 0.439 e. The Kier molecular flexibility index (Phi) is 9.15. The van der Waals surface area contributed by atoms with Gasteiger partial charge in [0.05, 0.1) is 18.8 Å². The molecule has 0 saturated carbocycles. The minimum Gasteiger partial charge on any atom is -0.494 e. The maximum absolute atomic E-state index is 11.6. The van der Waals surface area contributed by atoms with Crippen molar-refractivity contribution in [3.63, 3.8) is 0 Å². The van der Waals surface area contributed by atoms with E-state index in [-0.39, 0.29) is 6.42 Å². The largest absolute Gasteiger partial charge is 0.494 e. The van der Waals surface area contributed by atoms with Crippen LogP contribution in [-0.4, -0.2) is 40.9 Å². The Morgan fingerprint density at radius 1 is 1.02 bits per heavy atom. The number of H-pyrrole nitrogens is 1. The van der Waals surface area contributed by atoms with Gasteiger partial charge in [0.2, 0.25) is 0 Å². The Labute approximate surface area is 238 Å². The number of ether oxygens (including phenoxy) is 2. The Balaban J connectivity index is 1.23. The molecule has 1 aliphatic rings. The summed E-state index contributed by atoms with van der Waals surface area (Å²) in [5, 5.41) is 12.9. The molecule has 0 spiro atoms. The number of hydrogen-bond acceptors (Lipinski definition) is 7. The fourth-order valence-electron chi connectivity index (χ4n) is 4.81. The molecule has 9 nitrogen and oxygen atoms in total. The Morgan fingerprint density at radius 2 is 1.85 bits per heavy atom. The first-order valence-electron chi connectivity index (χ1n) is 13.8. The highest BCUT2D eigenvalue weighted by Gasteiger charge is 2.30. The van der Waals surface area contributed by atoms with Gasteiger partial charge in [-0.2, -0.15) is 0 Å². The summed E-state index contributed by atoms with van der Waals surface area (Å²) in [7, 11) is 0. The number of fused-ring (bicyclic) bond motifs is 1. The molecule has 0 aliphatic carbocycles. The molecule has 1 unspecified atom stereocenters. The molecule has 0 radical (unpaired) electrons. The number of aliphatic carboxylic acids is 1. The second-order valence-corrected chi connectivity index (χ2v) is 9.92. The van der Waals surface area contributed by atoms with E-state index in [1.165, 1.54) is 5.56 Å². The number of aromatic amines is 1. The molecule has 4 aromatic rings. The molecule has 0 fully saturated rings. The van der Waals surface area contributed by atoms with Crippen molar-refractivity contribution in [2.75, 3.05) is 24.6 Å². The molecule has 41 heavy (non-hydrogen) atoms. The molecular weight excluding hydrogens is 522 g/mol. The highest BCUT2D eigenvalue weighted by Crippen LogP contribution is 2.41. The fraction of sp³-hybridized carbons (Fsp3) is 0.281. The number of nitrogens with zero attached hydrogens (tertiary/aromatic N) is 2. The molecule has 1 aromatic heterocycles. The van der Waals surface area contributed by atoms with Crippen molar-refractivity contribution in [3.8, 4) is 11.5 Å². The number of rotatable bonds is 13. The van der Waals surface area contributed by atoms with E-state index < -0.39 is 17.8 Å². The van der Waals surface area contributed by atoms with Gasteiger partial charge < -0.3 is 19.5 Å². The lowest BCUT2D eigenvalue weighted by Gasteiger charge is -2.36. The van der Waals surface area contributed by atoms with Crippen molar-refractivity contribution >= 4 is 23.8 Å². The zero-order valence-electron chi connectivity index (χ0n) is 22.7. The van der Waals surface area contributed by atoms with Crippen LogP contribution in [-0.2, 0) is 11.2 Å². The summed E-state index contributed by atoms with van der Waals surface area (Å²) < 4.78 is 16.9. The van der Waals surface area contributed by atoms with Crippen LogP contribution in [0.3, 0.4) is 0 Å². The van der Waals surface area contributed by atoms with Crippen molar-refractivity contribution < 1.29 is 23.9 Å². The maximum Gasteiger partial charge on any atom is 0.439 e. The monoisotopic (exact) mass is 555 g/mol. The van der Waals surface area contributed by atoms with E-state index in [9.17, 15) is 9.59 Å². The van der Waals surface area contributed by atoms with E-state index in [1.807, 2.05) is 60.7 Å². The molecule has 3 aromatic carbocycles. The number of carboxylic acid groups (broad SMARTS) is 1. The highest BCUT2D eigenvalue weighted by atomic mass is 16.5. The number of unbranched alkanes of at least 4 members (excludes halogenated alkanes) is 1. The van der Waals surface area contributed by atoms with Crippen LogP contribution in [0.5, 0.6) is 11.5 Å². The highest BCUT2D eigenvalue weighted by molar-refractivity contribution is 5.78. The number of carboxylic acids is 1. The lowest BCUT2D eigenvalue weighted by molar-refractivity contribution is -0.137. The standard InChI is InChI=1S/C32H33N3O6/c36-29(37)13-7-20-35-22-28(31-33-32(38)41-34-31)40-30-25(11-6-12-27(30)35)17-14-24-15-18-26(19-16-24)39-21-5-4-10-23-8-2-1-3-9-23/h1-3,6,8-9,11-12,14-19,28H,4-5,7,10,13,20-22H2,(H,36,37)(H,33,34,38)/b17-14+. The van der Waals surface area contributed by atoms with Gasteiger partial charge in [-0.05, 0) is 55.0 Å².